The molecule has 1 aromatic heterocycles. The molecular formula is C8H6N4O. The monoisotopic (exact) mass is 174 g/mol. The molecule has 1 aliphatic rings. The molecule has 2 N–H and O–H groups in total. The molecule has 64 valence electrons. The summed E-state index contributed by atoms with van der Waals surface area (Å²) in [6.45, 7) is 0. The maximum Gasteiger partial charge on any atom is 0.228 e. The van der Waals surface area contributed by atoms with Crippen LogP contribution in [-0.4, -0.2) is 21.3 Å². The quantitative estimate of drug-likeness (QED) is 0.609. The number of hydrogen-bond acceptors (Lipinski definition) is 3. The second-order valence-electron chi connectivity index (χ2n) is 3.02. The lowest BCUT2D eigenvalue weighted by atomic mass is 10.1. The summed E-state index contributed by atoms with van der Waals surface area (Å²) in [5.74, 6) is 0.0251. The average molecular weight is 174 g/mol. The fraction of sp³-hybridized carbons (Fsp3) is 0.125. The Morgan fingerprint density at radius 2 is 2.31 bits per heavy atom. The molecule has 0 bridgehead atoms. The molecule has 3 rings (SSSR count). The lowest BCUT2D eigenvalue weighted by molar-refractivity contribution is -0.115. The zero-order valence-corrected chi connectivity index (χ0v) is 6.66. The van der Waals surface area contributed by atoms with Crippen molar-refractivity contribution >= 4 is 22.6 Å². The number of fused-ring (bicyclic) bond motifs is 3. The number of hydrogen-bond donors (Lipinski definition) is 2. The molecule has 0 atom stereocenters. The molecular weight excluding hydrogens is 168 g/mol. The smallest absolute Gasteiger partial charge is 0.228 e. The van der Waals surface area contributed by atoms with Crippen LogP contribution in [0.3, 0.4) is 0 Å². The van der Waals surface area contributed by atoms with E-state index in [1.165, 1.54) is 0 Å². The zero-order chi connectivity index (χ0) is 8.84. The predicted octanol–water partition coefficient (Wildman–Crippen LogP) is 0.452. The second-order valence-corrected chi connectivity index (χ2v) is 3.02. The highest BCUT2D eigenvalue weighted by Crippen LogP contribution is 2.28. The van der Waals surface area contributed by atoms with Gasteiger partial charge in [-0.25, -0.2) is 0 Å². The van der Waals surface area contributed by atoms with Gasteiger partial charge in [0.05, 0.1) is 11.9 Å². The van der Waals surface area contributed by atoms with Gasteiger partial charge in [0.2, 0.25) is 5.91 Å². The lowest BCUT2D eigenvalue weighted by Gasteiger charge is -1.96. The van der Waals surface area contributed by atoms with Gasteiger partial charge in [0.1, 0.15) is 5.52 Å². The minimum Gasteiger partial charge on any atom is -0.325 e. The summed E-state index contributed by atoms with van der Waals surface area (Å²) in [5.41, 5.74) is 3.49. The van der Waals surface area contributed by atoms with Crippen molar-refractivity contribution in [3.63, 3.8) is 0 Å². The first-order valence-corrected chi connectivity index (χ1v) is 3.97. The third-order valence-corrected chi connectivity index (χ3v) is 2.22. The minimum absolute atomic E-state index is 0.0251. The third-order valence-electron chi connectivity index (χ3n) is 2.22. The topological polar surface area (TPSA) is 70.7 Å². The van der Waals surface area contributed by atoms with Gasteiger partial charge < -0.3 is 5.32 Å². The van der Waals surface area contributed by atoms with Crippen LogP contribution in [0.2, 0.25) is 0 Å². The van der Waals surface area contributed by atoms with Gasteiger partial charge in [-0.05, 0) is 12.1 Å². The van der Waals surface area contributed by atoms with Crippen molar-refractivity contribution in [2.75, 3.05) is 5.32 Å². The van der Waals surface area contributed by atoms with Crippen molar-refractivity contribution in [1.29, 1.82) is 0 Å². The first-order valence-electron chi connectivity index (χ1n) is 3.97. The van der Waals surface area contributed by atoms with E-state index in [1.807, 2.05) is 12.1 Å². The molecule has 1 aromatic carbocycles. The summed E-state index contributed by atoms with van der Waals surface area (Å²) in [6.07, 6.45) is 0.413. The Bertz CT molecular complexity index is 502. The first kappa shape index (κ1) is 6.59. The number of benzene rings is 1. The van der Waals surface area contributed by atoms with Gasteiger partial charge in [-0.2, -0.15) is 0 Å². The van der Waals surface area contributed by atoms with Gasteiger partial charge in [0.25, 0.3) is 0 Å². The van der Waals surface area contributed by atoms with Crippen molar-refractivity contribution in [3.8, 4) is 0 Å². The van der Waals surface area contributed by atoms with E-state index < -0.39 is 0 Å². The third kappa shape index (κ3) is 0.780. The number of aromatic amines is 1. The van der Waals surface area contributed by atoms with Crippen LogP contribution in [0.25, 0.3) is 11.0 Å². The van der Waals surface area contributed by atoms with E-state index >= 15 is 0 Å². The van der Waals surface area contributed by atoms with Crippen LogP contribution >= 0.6 is 0 Å². The highest BCUT2D eigenvalue weighted by molar-refractivity contribution is 6.04. The van der Waals surface area contributed by atoms with Crippen LogP contribution in [0.15, 0.2) is 12.1 Å². The molecule has 2 heterocycles. The summed E-state index contributed by atoms with van der Waals surface area (Å²) < 4.78 is 0. The van der Waals surface area contributed by atoms with E-state index in [1.54, 1.807) is 0 Å². The van der Waals surface area contributed by atoms with Crippen molar-refractivity contribution in [3.05, 3.63) is 17.7 Å². The maximum absolute atomic E-state index is 11.1. The van der Waals surface area contributed by atoms with Crippen LogP contribution < -0.4 is 5.32 Å². The van der Waals surface area contributed by atoms with Gasteiger partial charge >= 0.3 is 0 Å². The molecule has 1 aliphatic heterocycles. The fourth-order valence-electron chi connectivity index (χ4n) is 1.63. The van der Waals surface area contributed by atoms with Crippen LogP contribution in [0.1, 0.15) is 5.56 Å². The first-order chi connectivity index (χ1) is 6.34. The van der Waals surface area contributed by atoms with Crippen LogP contribution in [-0.2, 0) is 11.2 Å². The van der Waals surface area contributed by atoms with Crippen LogP contribution in [0.5, 0.6) is 0 Å². The molecule has 1 amide bonds. The highest BCUT2D eigenvalue weighted by Gasteiger charge is 2.20. The van der Waals surface area contributed by atoms with Gasteiger partial charge in [0, 0.05) is 11.3 Å². The van der Waals surface area contributed by atoms with Crippen molar-refractivity contribution in [1.82, 2.24) is 15.4 Å². The molecule has 0 unspecified atom stereocenters. The van der Waals surface area contributed by atoms with Gasteiger partial charge in [-0.15, -0.1) is 5.10 Å². The molecule has 5 heteroatoms. The summed E-state index contributed by atoms with van der Waals surface area (Å²) >= 11 is 0. The average Bonchev–Trinajstić information content (AvgIpc) is 2.65. The number of anilines is 1. The molecule has 0 fully saturated rings. The molecule has 0 aliphatic carbocycles. The zero-order valence-electron chi connectivity index (χ0n) is 6.66. The molecule has 13 heavy (non-hydrogen) atoms. The molecule has 0 spiro atoms. The van der Waals surface area contributed by atoms with Crippen molar-refractivity contribution in [2.45, 2.75) is 6.42 Å². The number of carbonyl (C=O) groups excluding carboxylic acids is 1. The Balaban J connectivity index is 2.40. The van der Waals surface area contributed by atoms with Gasteiger partial charge in [-0.3, -0.25) is 9.89 Å². The van der Waals surface area contributed by atoms with Crippen molar-refractivity contribution < 1.29 is 4.79 Å². The molecule has 0 saturated carbocycles. The molecule has 0 saturated heterocycles. The summed E-state index contributed by atoms with van der Waals surface area (Å²) in [7, 11) is 0. The van der Waals surface area contributed by atoms with E-state index in [4.69, 9.17) is 0 Å². The van der Waals surface area contributed by atoms with E-state index in [-0.39, 0.29) is 5.91 Å². The number of nitrogens with one attached hydrogen (secondary N) is 2. The number of H-pyrrole nitrogens is 1. The molecule has 2 aromatic rings. The van der Waals surface area contributed by atoms with E-state index in [2.05, 4.69) is 20.7 Å². The standard InChI is InChI=1S/C8H6N4O/c13-7-3-4-5(9-7)1-2-6-8(4)11-12-10-6/h1-2H,3H2,(H,9,13)(H,10,11,12). The largest absolute Gasteiger partial charge is 0.325 e. The van der Waals surface area contributed by atoms with Gasteiger partial charge in [-0.1, -0.05) is 5.21 Å². The second kappa shape index (κ2) is 2.07. The normalized spacial score (nSPS) is 14.6. The van der Waals surface area contributed by atoms with E-state index in [0.717, 1.165) is 22.3 Å². The number of carbonyl (C=O) groups is 1. The number of rotatable bonds is 0. The summed E-state index contributed by atoms with van der Waals surface area (Å²) in [6, 6.07) is 3.69. The summed E-state index contributed by atoms with van der Waals surface area (Å²) in [4.78, 5) is 11.1. The number of amides is 1. The number of aromatic nitrogens is 3. The van der Waals surface area contributed by atoms with Crippen molar-refractivity contribution in [2.24, 2.45) is 0 Å². The minimum atomic E-state index is 0.0251. The number of nitrogens with zero attached hydrogens (tertiary/aromatic N) is 2. The van der Waals surface area contributed by atoms with Crippen LogP contribution in [0.4, 0.5) is 5.69 Å². The molecule has 5 nitrogen and oxygen atoms in total. The Kier molecular flexibility index (Phi) is 1.05. The Hall–Kier alpha value is -1.91. The van der Waals surface area contributed by atoms with Crippen LogP contribution in [0, 0.1) is 0 Å². The van der Waals surface area contributed by atoms with Gasteiger partial charge in [0.15, 0.2) is 0 Å². The Labute approximate surface area is 73.1 Å². The highest BCUT2D eigenvalue weighted by atomic mass is 16.1. The SMILES string of the molecule is O=C1Cc2c(ccc3nn[nH]c23)N1. The Morgan fingerprint density at radius 3 is 3.23 bits per heavy atom. The lowest BCUT2D eigenvalue weighted by Crippen LogP contribution is -2.03. The Morgan fingerprint density at radius 1 is 1.38 bits per heavy atom. The molecule has 0 radical (unpaired) electrons. The fourth-order valence-corrected chi connectivity index (χ4v) is 1.63. The van der Waals surface area contributed by atoms with E-state index in [9.17, 15) is 4.79 Å². The maximum atomic E-state index is 11.1. The summed E-state index contributed by atoms with van der Waals surface area (Å²) in [5, 5.41) is 13.1. The van der Waals surface area contributed by atoms with E-state index in [0.29, 0.717) is 6.42 Å². The predicted molar refractivity (Wildman–Crippen MR) is 46.2 cm³/mol.